The summed E-state index contributed by atoms with van der Waals surface area (Å²) in [5.74, 6) is -0.421. The van der Waals surface area contributed by atoms with Gasteiger partial charge in [0.25, 0.3) is 0 Å². The summed E-state index contributed by atoms with van der Waals surface area (Å²) in [6.07, 6.45) is 1.42. The van der Waals surface area contributed by atoms with Crippen LogP contribution in [0.5, 0.6) is 0 Å². The lowest BCUT2D eigenvalue weighted by atomic mass is 9.96. The quantitative estimate of drug-likeness (QED) is 0.856. The molecule has 1 N–H and O–H groups in total. The summed E-state index contributed by atoms with van der Waals surface area (Å²) >= 11 is 0. The Morgan fingerprint density at radius 3 is 2.75 bits per heavy atom. The predicted molar refractivity (Wildman–Crippen MR) is 76.1 cm³/mol. The van der Waals surface area contributed by atoms with Gasteiger partial charge in [-0.2, -0.15) is 0 Å². The highest BCUT2D eigenvalue weighted by atomic mass is 19.1. The number of hydrogen-bond acceptors (Lipinski definition) is 4. The van der Waals surface area contributed by atoms with E-state index in [1.807, 2.05) is 18.0 Å². The molecule has 110 valence electrons. The molecule has 0 unspecified atom stereocenters. The van der Waals surface area contributed by atoms with Crippen molar-refractivity contribution in [3.8, 4) is 0 Å². The molecule has 20 heavy (non-hydrogen) atoms. The number of halogens is 1. The van der Waals surface area contributed by atoms with Crippen molar-refractivity contribution in [1.82, 2.24) is 5.32 Å². The number of benzene rings is 1. The molecule has 1 aliphatic rings. The topological polar surface area (TPSA) is 41.6 Å². The Bertz CT molecular complexity index is 471. The fraction of sp³-hybridized carbons (Fsp3) is 0.533. The van der Waals surface area contributed by atoms with E-state index in [4.69, 9.17) is 4.74 Å². The first-order valence-electron chi connectivity index (χ1n) is 6.91. The van der Waals surface area contributed by atoms with E-state index in [0.717, 1.165) is 5.56 Å². The van der Waals surface area contributed by atoms with Gasteiger partial charge in [0.05, 0.1) is 18.7 Å². The minimum absolute atomic E-state index is 0.0557. The molecule has 1 aromatic carbocycles. The van der Waals surface area contributed by atoms with Crippen LogP contribution in [0.1, 0.15) is 18.4 Å². The molecule has 0 saturated carbocycles. The maximum atomic E-state index is 14.0. The summed E-state index contributed by atoms with van der Waals surface area (Å²) in [6, 6.07) is 5.18. The van der Waals surface area contributed by atoms with Crippen LogP contribution in [0.3, 0.4) is 0 Å². The van der Waals surface area contributed by atoms with Gasteiger partial charge in [-0.3, -0.25) is 4.79 Å². The number of esters is 1. The zero-order chi connectivity index (χ0) is 14.5. The highest BCUT2D eigenvalue weighted by Gasteiger charge is 2.26. The zero-order valence-electron chi connectivity index (χ0n) is 12.0. The molecule has 0 radical (unpaired) electrons. The molecular formula is C15H21FN2O2. The van der Waals surface area contributed by atoms with Crippen LogP contribution in [0.15, 0.2) is 18.2 Å². The molecule has 0 aromatic heterocycles. The van der Waals surface area contributed by atoms with Crippen LogP contribution in [0.4, 0.5) is 10.1 Å². The molecule has 4 nitrogen and oxygen atoms in total. The molecule has 1 heterocycles. The van der Waals surface area contributed by atoms with E-state index in [-0.39, 0.29) is 17.7 Å². The third kappa shape index (κ3) is 3.28. The van der Waals surface area contributed by atoms with E-state index in [1.165, 1.54) is 13.2 Å². The minimum atomic E-state index is -0.207. The van der Waals surface area contributed by atoms with Crippen molar-refractivity contribution in [1.29, 1.82) is 0 Å². The molecule has 1 saturated heterocycles. The first-order chi connectivity index (χ1) is 9.65. The Morgan fingerprint density at radius 2 is 2.15 bits per heavy atom. The van der Waals surface area contributed by atoms with Gasteiger partial charge in [-0.05, 0) is 37.6 Å². The lowest BCUT2D eigenvalue weighted by Gasteiger charge is -2.32. The second-order valence-corrected chi connectivity index (χ2v) is 5.10. The Kier molecular flexibility index (Phi) is 4.95. The first kappa shape index (κ1) is 14.8. The standard InChI is InChI=1S/C15H21FN2O2/c1-17-10-11-3-4-13(16)14(9-11)18-7-5-12(6-8-18)15(19)20-2/h3-4,9,12,17H,5-8,10H2,1-2H3. The normalized spacial score (nSPS) is 16.2. The molecule has 1 aromatic rings. The Labute approximate surface area is 118 Å². The predicted octanol–water partition coefficient (Wildman–Crippen LogP) is 1.93. The molecule has 0 bridgehead atoms. The number of nitrogens with zero attached hydrogens (tertiary/aromatic N) is 1. The zero-order valence-corrected chi connectivity index (χ0v) is 12.0. The van der Waals surface area contributed by atoms with Crippen LogP contribution in [0.2, 0.25) is 0 Å². The lowest BCUT2D eigenvalue weighted by molar-refractivity contribution is -0.146. The number of methoxy groups -OCH3 is 1. The smallest absolute Gasteiger partial charge is 0.308 e. The summed E-state index contributed by atoms with van der Waals surface area (Å²) in [6.45, 7) is 2.07. The highest BCUT2D eigenvalue weighted by Crippen LogP contribution is 2.27. The highest BCUT2D eigenvalue weighted by molar-refractivity contribution is 5.72. The van der Waals surface area contributed by atoms with Gasteiger partial charge in [0, 0.05) is 19.6 Å². The molecule has 0 spiro atoms. The lowest BCUT2D eigenvalue weighted by Crippen LogP contribution is -2.37. The molecule has 1 aliphatic heterocycles. The third-order valence-corrected chi connectivity index (χ3v) is 3.76. The van der Waals surface area contributed by atoms with E-state index in [9.17, 15) is 9.18 Å². The molecule has 0 amide bonds. The second-order valence-electron chi connectivity index (χ2n) is 5.10. The van der Waals surface area contributed by atoms with Crippen LogP contribution in [0, 0.1) is 11.7 Å². The maximum Gasteiger partial charge on any atom is 0.308 e. The van der Waals surface area contributed by atoms with E-state index in [0.29, 0.717) is 38.2 Å². The number of ether oxygens (including phenoxy) is 1. The summed E-state index contributed by atoms with van der Waals surface area (Å²) in [4.78, 5) is 13.5. The van der Waals surface area contributed by atoms with Gasteiger partial charge in [-0.1, -0.05) is 6.07 Å². The number of anilines is 1. The van der Waals surface area contributed by atoms with Crippen molar-refractivity contribution >= 4 is 11.7 Å². The van der Waals surface area contributed by atoms with E-state index < -0.39 is 0 Å². The van der Waals surface area contributed by atoms with Crippen LogP contribution < -0.4 is 10.2 Å². The van der Waals surface area contributed by atoms with Gasteiger partial charge < -0.3 is 15.0 Å². The van der Waals surface area contributed by atoms with Crippen molar-refractivity contribution in [2.45, 2.75) is 19.4 Å². The number of nitrogens with one attached hydrogen (secondary N) is 1. The Balaban J connectivity index is 2.06. The second kappa shape index (κ2) is 6.70. The average molecular weight is 280 g/mol. The van der Waals surface area contributed by atoms with Crippen LogP contribution in [-0.4, -0.2) is 33.2 Å². The molecule has 1 fully saturated rings. The van der Waals surface area contributed by atoms with E-state index in [2.05, 4.69) is 5.32 Å². The van der Waals surface area contributed by atoms with Crippen molar-refractivity contribution in [3.05, 3.63) is 29.6 Å². The van der Waals surface area contributed by atoms with Crippen molar-refractivity contribution in [2.24, 2.45) is 5.92 Å². The summed E-state index contributed by atoms with van der Waals surface area (Å²) in [5, 5.41) is 3.06. The Hall–Kier alpha value is -1.62. The van der Waals surface area contributed by atoms with Crippen molar-refractivity contribution < 1.29 is 13.9 Å². The monoisotopic (exact) mass is 280 g/mol. The van der Waals surface area contributed by atoms with Gasteiger partial charge in [0.2, 0.25) is 0 Å². The van der Waals surface area contributed by atoms with Crippen LogP contribution in [-0.2, 0) is 16.1 Å². The first-order valence-corrected chi connectivity index (χ1v) is 6.91. The SMILES string of the molecule is CNCc1ccc(F)c(N2CCC(C(=O)OC)CC2)c1. The number of piperidine rings is 1. The molecule has 0 atom stereocenters. The number of rotatable bonds is 4. The van der Waals surface area contributed by atoms with Gasteiger partial charge in [-0.15, -0.1) is 0 Å². The molecule has 0 aliphatic carbocycles. The summed E-state index contributed by atoms with van der Waals surface area (Å²) < 4.78 is 18.7. The number of hydrogen-bond donors (Lipinski definition) is 1. The van der Waals surface area contributed by atoms with Gasteiger partial charge in [0.15, 0.2) is 0 Å². The number of carbonyl (C=O) groups excluding carboxylic acids is 1. The molecule has 2 rings (SSSR count). The minimum Gasteiger partial charge on any atom is -0.469 e. The maximum absolute atomic E-state index is 14.0. The van der Waals surface area contributed by atoms with Crippen molar-refractivity contribution in [3.63, 3.8) is 0 Å². The molecule has 5 heteroatoms. The van der Waals surface area contributed by atoms with Crippen LogP contribution in [0.25, 0.3) is 0 Å². The van der Waals surface area contributed by atoms with E-state index in [1.54, 1.807) is 6.07 Å². The molecular weight excluding hydrogens is 259 g/mol. The summed E-state index contributed by atoms with van der Waals surface area (Å²) in [5.41, 5.74) is 1.68. The van der Waals surface area contributed by atoms with Crippen LogP contribution >= 0.6 is 0 Å². The number of carbonyl (C=O) groups is 1. The Morgan fingerprint density at radius 1 is 1.45 bits per heavy atom. The third-order valence-electron chi connectivity index (χ3n) is 3.76. The van der Waals surface area contributed by atoms with E-state index >= 15 is 0 Å². The van der Waals surface area contributed by atoms with Crippen molar-refractivity contribution in [2.75, 3.05) is 32.1 Å². The van der Waals surface area contributed by atoms with Gasteiger partial charge in [0.1, 0.15) is 5.82 Å². The summed E-state index contributed by atoms with van der Waals surface area (Å²) in [7, 11) is 3.28. The largest absolute Gasteiger partial charge is 0.469 e. The fourth-order valence-corrected chi connectivity index (χ4v) is 2.64. The average Bonchev–Trinajstić information content (AvgIpc) is 2.49. The fourth-order valence-electron chi connectivity index (χ4n) is 2.64. The van der Waals surface area contributed by atoms with Gasteiger partial charge >= 0.3 is 5.97 Å². The van der Waals surface area contributed by atoms with Gasteiger partial charge in [-0.25, -0.2) is 4.39 Å².